The fourth-order valence-electron chi connectivity index (χ4n) is 5.24. The molecule has 1 aliphatic rings. The summed E-state index contributed by atoms with van der Waals surface area (Å²) in [4.78, 5) is 51.7. The van der Waals surface area contributed by atoms with Gasteiger partial charge in [0.15, 0.2) is 11.2 Å². The molecule has 41 heavy (non-hydrogen) atoms. The molecule has 3 aromatic heterocycles. The summed E-state index contributed by atoms with van der Waals surface area (Å²) in [6.45, 7) is 4.08. The number of fused-ring (bicyclic) bond motifs is 2. The fourth-order valence-corrected chi connectivity index (χ4v) is 5.24. The Hall–Kier alpha value is -4.94. The molecule has 210 valence electrons. The zero-order valence-corrected chi connectivity index (χ0v) is 23.0. The van der Waals surface area contributed by atoms with Gasteiger partial charge in [-0.1, -0.05) is 30.2 Å². The number of hydrogen-bond donors (Lipinski definition) is 1. The van der Waals surface area contributed by atoms with Crippen LogP contribution in [0.15, 0.2) is 40.1 Å². The first-order chi connectivity index (χ1) is 19.9. The fraction of sp³-hybridized carbons (Fsp3) is 0.379. The number of nitriles is 1. The van der Waals surface area contributed by atoms with Crippen LogP contribution in [0.5, 0.6) is 0 Å². The molecule has 1 fully saturated rings. The lowest BCUT2D eigenvalue weighted by molar-refractivity contribution is -0.143. The third-order valence-corrected chi connectivity index (χ3v) is 7.14. The van der Waals surface area contributed by atoms with Crippen molar-refractivity contribution in [2.45, 2.75) is 52.4 Å². The summed E-state index contributed by atoms with van der Waals surface area (Å²) in [6.07, 6.45) is 3.31. The summed E-state index contributed by atoms with van der Waals surface area (Å²) in [5.41, 5.74) is 5.56. The molecule has 1 atom stereocenters. The van der Waals surface area contributed by atoms with Crippen LogP contribution in [0.2, 0.25) is 0 Å². The SMILES string of the molecule is CC#CCn1c(N2CCCC(N)C2)nc2c1c(=O)n(Cc1ncc3ccccc3c1C#N)c(=O)n2CC(=O)OCC. The Kier molecular flexibility index (Phi) is 7.86. The minimum absolute atomic E-state index is 0.0586. The first kappa shape index (κ1) is 27.6. The van der Waals surface area contributed by atoms with Crippen LogP contribution < -0.4 is 21.9 Å². The van der Waals surface area contributed by atoms with Gasteiger partial charge in [-0.05, 0) is 26.7 Å². The molecule has 0 spiro atoms. The van der Waals surface area contributed by atoms with Gasteiger partial charge < -0.3 is 15.4 Å². The molecule has 1 aromatic carbocycles. The number of imidazole rings is 1. The third kappa shape index (κ3) is 5.17. The Morgan fingerprint density at radius 3 is 2.76 bits per heavy atom. The second kappa shape index (κ2) is 11.7. The van der Waals surface area contributed by atoms with Gasteiger partial charge in [0.1, 0.15) is 12.6 Å². The smallest absolute Gasteiger partial charge is 0.333 e. The molecular formula is C29H30N8O4. The van der Waals surface area contributed by atoms with Gasteiger partial charge in [-0.3, -0.25) is 28.3 Å². The average molecular weight is 555 g/mol. The van der Waals surface area contributed by atoms with Crippen LogP contribution in [0.25, 0.3) is 21.9 Å². The molecule has 4 heterocycles. The highest BCUT2D eigenvalue weighted by molar-refractivity contribution is 5.87. The van der Waals surface area contributed by atoms with Gasteiger partial charge in [-0.15, -0.1) is 5.92 Å². The summed E-state index contributed by atoms with van der Waals surface area (Å²) in [5.74, 6) is 5.65. The van der Waals surface area contributed by atoms with E-state index >= 15 is 0 Å². The number of nitrogens with two attached hydrogens (primary N) is 1. The normalized spacial score (nSPS) is 15.0. The molecule has 0 saturated carbocycles. The van der Waals surface area contributed by atoms with Gasteiger partial charge in [0.2, 0.25) is 5.95 Å². The highest BCUT2D eigenvalue weighted by Gasteiger charge is 2.28. The summed E-state index contributed by atoms with van der Waals surface area (Å²) >= 11 is 0. The van der Waals surface area contributed by atoms with Crippen molar-refractivity contribution in [1.82, 2.24) is 23.7 Å². The number of hydrogen-bond acceptors (Lipinski definition) is 9. The van der Waals surface area contributed by atoms with Crippen molar-refractivity contribution < 1.29 is 9.53 Å². The molecule has 1 unspecified atom stereocenters. The Morgan fingerprint density at radius 1 is 1.22 bits per heavy atom. The van der Waals surface area contributed by atoms with Crippen LogP contribution in [0.3, 0.4) is 0 Å². The zero-order valence-electron chi connectivity index (χ0n) is 23.0. The van der Waals surface area contributed by atoms with Crippen molar-refractivity contribution in [3.05, 3.63) is 62.6 Å². The largest absolute Gasteiger partial charge is 0.465 e. The monoisotopic (exact) mass is 554 g/mol. The van der Waals surface area contributed by atoms with Crippen molar-refractivity contribution in [3.8, 4) is 17.9 Å². The molecule has 1 saturated heterocycles. The second-order valence-corrected chi connectivity index (χ2v) is 9.79. The summed E-state index contributed by atoms with van der Waals surface area (Å²) in [6, 6.07) is 9.36. The number of anilines is 1. The number of benzene rings is 1. The molecule has 12 nitrogen and oxygen atoms in total. The average Bonchev–Trinajstić information content (AvgIpc) is 3.35. The van der Waals surface area contributed by atoms with Crippen molar-refractivity contribution in [1.29, 1.82) is 5.26 Å². The van der Waals surface area contributed by atoms with Crippen LogP contribution in [-0.2, 0) is 29.2 Å². The van der Waals surface area contributed by atoms with Gasteiger partial charge in [-0.25, -0.2) is 4.79 Å². The van der Waals surface area contributed by atoms with Crippen LogP contribution >= 0.6 is 0 Å². The summed E-state index contributed by atoms with van der Waals surface area (Å²) in [5, 5.41) is 11.4. The number of carbonyl (C=O) groups is 1. The number of aromatic nitrogens is 5. The minimum atomic E-state index is -0.762. The van der Waals surface area contributed by atoms with Gasteiger partial charge in [-0.2, -0.15) is 10.2 Å². The lowest BCUT2D eigenvalue weighted by Crippen LogP contribution is -2.44. The van der Waals surface area contributed by atoms with Crippen molar-refractivity contribution >= 4 is 33.9 Å². The number of nitrogens with zero attached hydrogens (tertiary/aromatic N) is 7. The molecule has 12 heteroatoms. The van der Waals surface area contributed by atoms with E-state index in [1.165, 1.54) is 0 Å². The van der Waals surface area contributed by atoms with E-state index in [0.717, 1.165) is 27.4 Å². The molecule has 0 aliphatic carbocycles. The number of esters is 1. The molecule has 0 amide bonds. The molecule has 0 bridgehead atoms. The van der Waals surface area contributed by atoms with Gasteiger partial charge in [0, 0.05) is 36.1 Å². The van der Waals surface area contributed by atoms with E-state index in [9.17, 15) is 19.6 Å². The topological polar surface area (TPSA) is 154 Å². The number of pyridine rings is 1. The van der Waals surface area contributed by atoms with E-state index in [-0.39, 0.29) is 48.2 Å². The van der Waals surface area contributed by atoms with Crippen LogP contribution in [0, 0.1) is 23.2 Å². The quantitative estimate of drug-likeness (QED) is 0.263. The van der Waals surface area contributed by atoms with E-state index in [2.05, 4.69) is 22.9 Å². The molecule has 4 aromatic rings. The maximum atomic E-state index is 14.1. The molecule has 2 N–H and O–H groups in total. The molecular weight excluding hydrogens is 524 g/mol. The number of carbonyl (C=O) groups excluding carboxylic acids is 1. The highest BCUT2D eigenvalue weighted by atomic mass is 16.5. The van der Waals surface area contributed by atoms with Gasteiger partial charge >= 0.3 is 11.7 Å². The highest BCUT2D eigenvalue weighted by Crippen LogP contribution is 2.24. The van der Waals surface area contributed by atoms with Crippen LogP contribution in [-0.4, -0.2) is 55.4 Å². The van der Waals surface area contributed by atoms with E-state index < -0.39 is 23.8 Å². The van der Waals surface area contributed by atoms with Crippen molar-refractivity contribution in [3.63, 3.8) is 0 Å². The molecule has 5 rings (SSSR count). The summed E-state index contributed by atoms with van der Waals surface area (Å²) in [7, 11) is 0. The van der Waals surface area contributed by atoms with E-state index in [1.54, 1.807) is 36.7 Å². The first-order valence-corrected chi connectivity index (χ1v) is 13.4. The maximum absolute atomic E-state index is 14.1. The van der Waals surface area contributed by atoms with Crippen molar-refractivity contribution in [2.75, 3.05) is 24.6 Å². The predicted octanol–water partition coefficient (Wildman–Crippen LogP) is 1.34. The number of piperidine rings is 1. The third-order valence-electron chi connectivity index (χ3n) is 7.14. The first-order valence-electron chi connectivity index (χ1n) is 13.4. The number of ether oxygens (including phenoxy) is 1. The van der Waals surface area contributed by atoms with Gasteiger partial charge in [0.05, 0.1) is 31.0 Å². The lowest BCUT2D eigenvalue weighted by Gasteiger charge is -2.31. The van der Waals surface area contributed by atoms with E-state index in [1.807, 2.05) is 17.0 Å². The predicted molar refractivity (Wildman–Crippen MR) is 153 cm³/mol. The lowest BCUT2D eigenvalue weighted by atomic mass is 10.1. The Bertz CT molecular complexity index is 1870. The standard InChI is InChI=1S/C29H30N8O4/c1-3-5-13-35-25-26(33-28(35)34-12-8-10-20(31)16-34)36(18-24(38)41-4-2)29(40)37(27(25)39)17-23-22(14-30)21-11-7-6-9-19(21)15-32-23/h6-7,9,11,15,20H,4,8,10,12-13,16-18,31H2,1-2H3. The van der Waals surface area contributed by atoms with Gasteiger partial charge in [0.25, 0.3) is 5.56 Å². The number of rotatable bonds is 7. The molecule has 0 radical (unpaired) electrons. The van der Waals surface area contributed by atoms with E-state index in [4.69, 9.17) is 15.5 Å². The minimum Gasteiger partial charge on any atom is -0.465 e. The maximum Gasteiger partial charge on any atom is 0.333 e. The van der Waals surface area contributed by atoms with E-state index in [0.29, 0.717) is 24.4 Å². The Balaban J connectivity index is 1.77. The van der Waals surface area contributed by atoms with Crippen LogP contribution in [0.4, 0.5) is 5.95 Å². The Morgan fingerprint density at radius 2 is 2.02 bits per heavy atom. The van der Waals surface area contributed by atoms with Crippen molar-refractivity contribution in [2.24, 2.45) is 5.73 Å². The Labute approximate surface area is 235 Å². The zero-order chi connectivity index (χ0) is 29.1. The van der Waals surface area contributed by atoms with Crippen LogP contribution in [0.1, 0.15) is 37.9 Å². The summed E-state index contributed by atoms with van der Waals surface area (Å²) < 4.78 is 8.93. The second-order valence-electron chi connectivity index (χ2n) is 9.79. The molecule has 1 aliphatic heterocycles.